The van der Waals surface area contributed by atoms with E-state index in [1.807, 2.05) is 48.5 Å². The van der Waals surface area contributed by atoms with E-state index in [-0.39, 0.29) is 23.8 Å². The van der Waals surface area contributed by atoms with Gasteiger partial charge in [-0.25, -0.2) is 4.79 Å². The highest BCUT2D eigenvalue weighted by Gasteiger charge is 2.67. The third-order valence-corrected chi connectivity index (χ3v) is 10.6. The Balaban J connectivity index is 1.19. The molecule has 0 bridgehead atoms. The summed E-state index contributed by atoms with van der Waals surface area (Å²) in [6.07, 6.45) is -2.38. The number of hydrogen-bond donors (Lipinski definition) is 6. The number of ether oxygens (including phenoxy) is 1. The molecular formula is C37H35N3O9. The number of primary amides is 1. The van der Waals surface area contributed by atoms with Gasteiger partial charge in [0.1, 0.15) is 23.7 Å². The third kappa shape index (κ3) is 4.55. The Morgan fingerprint density at radius 2 is 1.55 bits per heavy atom. The molecule has 0 spiro atoms. The Morgan fingerprint density at radius 3 is 2.14 bits per heavy atom. The van der Waals surface area contributed by atoms with E-state index < -0.39 is 81.7 Å². The maximum absolute atomic E-state index is 14.1. The number of rotatable bonds is 5. The van der Waals surface area contributed by atoms with Crippen LogP contribution in [0.1, 0.15) is 45.8 Å². The summed E-state index contributed by atoms with van der Waals surface area (Å²) in [5.41, 5.74) is 6.16. The minimum atomic E-state index is -2.94. The van der Waals surface area contributed by atoms with Gasteiger partial charge in [0.15, 0.2) is 11.4 Å². The van der Waals surface area contributed by atoms with E-state index in [0.29, 0.717) is 5.56 Å². The molecular weight excluding hydrogens is 630 g/mol. The largest absolute Gasteiger partial charge is 0.510 e. The molecule has 3 aromatic rings. The molecule has 12 heteroatoms. The van der Waals surface area contributed by atoms with E-state index in [1.165, 1.54) is 25.1 Å². The molecule has 252 valence electrons. The lowest BCUT2D eigenvalue weighted by molar-refractivity contribution is -0.162. The Labute approximate surface area is 281 Å². The first-order chi connectivity index (χ1) is 23.3. The summed E-state index contributed by atoms with van der Waals surface area (Å²) in [4.78, 5) is 54.3. The molecule has 12 nitrogen and oxygen atoms in total. The van der Waals surface area contributed by atoms with Crippen LogP contribution < -0.4 is 11.1 Å². The number of aliphatic hydroxyl groups is 4. The Morgan fingerprint density at radius 1 is 0.939 bits per heavy atom. The Bertz CT molecular complexity index is 1990. The molecule has 0 aromatic heterocycles. The van der Waals surface area contributed by atoms with Crippen LogP contribution >= 0.6 is 0 Å². The van der Waals surface area contributed by atoms with Gasteiger partial charge in [-0.2, -0.15) is 0 Å². The number of carbonyl (C=O) groups is 4. The number of ketones is 2. The van der Waals surface area contributed by atoms with Gasteiger partial charge in [-0.3, -0.25) is 24.6 Å². The highest BCUT2D eigenvalue weighted by Crippen LogP contribution is 2.55. The summed E-state index contributed by atoms with van der Waals surface area (Å²) in [5.74, 6) is -8.75. The predicted octanol–water partition coefficient (Wildman–Crippen LogP) is 3.31. The van der Waals surface area contributed by atoms with Crippen LogP contribution in [0, 0.1) is 11.8 Å². The zero-order chi connectivity index (χ0) is 35.1. The van der Waals surface area contributed by atoms with Crippen molar-refractivity contribution in [3.63, 3.8) is 0 Å². The quantitative estimate of drug-likeness (QED) is 0.220. The minimum Gasteiger partial charge on any atom is -0.510 e. The number of likely N-dealkylation sites (N-methyl/N-ethyl adjacent to an activating group) is 1. The average Bonchev–Trinajstić information content (AvgIpc) is 3.38. The summed E-state index contributed by atoms with van der Waals surface area (Å²) < 4.78 is 5.65. The van der Waals surface area contributed by atoms with Gasteiger partial charge in [-0.15, -0.1) is 0 Å². The Hall–Kier alpha value is -5.30. The molecule has 4 aliphatic carbocycles. The topological polar surface area (TPSA) is 200 Å². The van der Waals surface area contributed by atoms with Crippen molar-refractivity contribution in [1.29, 1.82) is 0 Å². The summed E-state index contributed by atoms with van der Waals surface area (Å²) >= 11 is 0. The van der Waals surface area contributed by atoms with Crippen molar-refractivity contribution in [2.45, 2.75) is 36.5 Å². The second kappa shape index (κ2) is 11.4. The van der Waals surface area contributed by atoms with Gasteiger partial charge in [0.25, 0.3) is 5.91 Å². The maximum atomic E-state index is 14.1. The number of aliphatic hydroxyl groups excluding tert-OH is 3. The van der Waals surface area contributed by atoms with Gasteiger partial charge >= 0.3 is 6.09 Å². The summed E-state index contributed by atoms with van der Waals surface area (Å²) in [7, 11) is 2.99. The number of hydrogen-bond acceptors (Lipinski definition) is 10. The lowest BCUT2D eigenvalue weighted by Crippen LogP contribution is -2.68. The van der Waals surface area contributed by atoms with Gasteiger partial charge in [0.2, 0.25) is 5.78 Å². The van der Waals surface area contributed by atoms with Crippen molar-refractivity contribution in [3.8, 4) is 11.1 Å². The third-order valence-electron chi connectivity index (χ3n) is 10.6. The van der Waals surface area contributed by atoms with Crippen LogP contribution in [-0.4, -0.2) is 87.3 Å². The molecule has 7 rings (SSSR count). The molecule has 0 fully saturated rings. The van der Waals surface area contributed by atoms with E-state index in [4.69, 9.17) is 10.5 Å². The van der Waals surface area contributed by atoms with E-state index >= 15 is 0 Å². The molecule has 2 amide bonds. The number of fused-ring (bicyclic) bond motifs is 6. The monoisotopic (exact) mass is 665 g/mol. The summed E-state index contributed by atoms with van der Waals surface area (Å²) in [6, 6.07) is 19.2. The van der Waals surface area contributed by atoms with Crippen LogP contribution in [0.15, 0.2) is 89.4 Å². The average molecular weight is 666 g/mol. The Kier molecular flexibility index (Phi) is 7.51. The normalized spacial score (nSPS) is 27.3. The molecule has 4 aliphatic rings. The molecule has 7 N–H and O–H groups in total. The SMILES string of the molecule is C[C@H]1c2ccc(NC(=O)OCC3c4ccccc4-c4ccccc43)cc2C(=O)C2=C(O)[C@]3(O)C(=O)C(C(N)=O)=C(O)[C@@H](N(C)C)[C@@H]3[C@@H](O)[C@@H]21. The second-order valence-corrected chi connectivity index (χ2v) is 13.3. The molecule has 6 atom stereocenters. The first-order valence-corrected chi connectivity index (χ1v) is 15.9. The van der Waals surface area contributed by atoms with Crippen molar-refractivity contribution in [3.05, 3.63) is 112 Å². The molecule has 0 unspecified atom stereocenters. The van der Waals surface area contributed by atoms with E-state index in [1.54, 1.807) is 19.1 Å². The zero-order valence-corrected chi connectivity index (χ0v) is 26.9. The molecule has 0 heterocycles. The number of nitrogens with zero attached hydrogens (tertiary/aromatic N) is 1. The number of nitrogens with two attached hydrogens (primary N) is 1. The lowest BCUT2D eigenvalue weighted by atomic mass is 9.55. The molecule has 3 aromatic carbocycles. The van der Waals surface area contributed by atoms with E-state index in [9.17, 15) is 39.6 Å². The lowest BCUT2D eigenvalue weighted by Gasteiger charge is -2.53. The van der Waals surface area contributed by atoms with Crippen LogP contribution in [0.4, 0.5) is 10.5 Å². The van der Waals surface area contributed by atoms with E-state index in [0.717, 1.165) is 22.3 Å². The molecule has 0 saturated heterocycles. The molecule has 49 heavy (non-hydrogen) atoms. The summed E-state index contributed by atoms with van der Waals surface area (Å²) in [6.45, 7) is 1.79. The van der Waals surface area contributed by atoms with Crippen LogP contribution in [0.2, 0.25) is 0 Å². The van der Waals surface area contributed by atoms with Gasteiger partial charge in [-0.05, 0) is 60.0 Å². The first kappa shape index (κ1) is 32.3. The van der Waals surface area contributed by atoms with Gasteiger partial charge in [0, 0.05) is 28.7 Å². The first-order valence-electron chi connectivity index (χ1n) is 15.9. The number of anilines is 1. The van der Waals surface area contributed by atoms with Crippen LogP contribution in [0.5, 0.6) is 0 Å². The van der Waals surface area contributed by atoms with Gasteiger partial charge in [-0.1, -0.05) is 61.5 Å². The highest BCUT2D eigenvalue weighted by molar-refractivity contribution is 6.24. The number of amides is 2. The van der Waals surface area contributed by atoms with Crippen molar-refractivity contribution >= 4 is 29.3 Å². The molecule has 0 aliphatic heterocycles. The number of carbonyl (C=O) groups excluding carboxylic acids is 4. The molecule has 0 saturated carbocycles. The van der Waals surface area contributed by atoms with Crippen LogP contribution in [0.25, 0.3) is 11.1 Å². The molecule has 0 radical (unpaired) electrons. The highest BCUT2D eigenvalue weighted by atomic mass is 16.5. The van der Waals surface area contributed by atoms with Crippen molar-refractivity contribution in [2.24, 2.45) is 17.6 Å². The fourth-order valence-corrected chi connectivity index (χ4v) is 8.39. The van der Waals surface area contributed by atoms with Crippen LogP contribution in [-0.2, 0) is 14.3 Å². The number of nitrogens with one attached hydrogen (secondary N) is 1. The second-order valence-electron chi connectivity index (χ2n) is 13.3. The number of benzene rings is 3. The van der Waals surface area contributed by atoms with Crippen molar-refractivity contribution < 1.29 is 44.3 Å². The van der Waals surface area contributed by atoms with Gasteiger partial charge < -0.3 is 30.9 Å². The fourth-order valence-electron chi connectivity index (χ4n) is 8.39. The van der Waals surface area contributed by atoms with Gasteiger partial charge in [0.05, 0.1) is 18.1 Å². The maximum Gasteiger partial charge on any atom is 0.411 e. The van der Waals surface area contributed by atoms with E-state index in [2.05, 4.69) is 5.32 Å². The van der Waals surface area contributed by atoms with Crippen molar-refractivity contribution in [2.75, 3.05) is 26.0 Å². The fraction of sp³-hybridized carbons (Fsp3) is 0.297. The van der Waals surface area contributed by atoms with Crippen LogP contribution in [0.3, 0.4) is 0 Å². The minimum absolute atomic E-state index is 0.0666. The van der Waals surface area contributed by atoms with Crippen molar-refractivity contribution in [1.82, 2.24) is 4.90 Å². The standard InChI is InChI=1S/C37H35N3O9/c1-16-18-13-12-17(39-36(47)49-15-24-21-10-6-4-8-19(21)20-9-5-7-11-22(20)24)14-23(18)30(41)26-25(16)31(42)28-29(40(2)3)32(43)27(35(38)46)34(45)37(28,48)33(26)44/h4-14,16,24-25,28-29,31,42-44,48H,15H2,1-3H3,(H2,38,46)(H,39,47)/t16-,25+,28+,29-,31-,37-/m0/s1. The summed E-state index contributed by atoms with van der Waals surface area (Å²) in [5, 5.41) is 48.8. The predicted molar refractivity (Wildman–Crippen MR) is 177 cm³/mol. The number of Topliss-reactive ketones (excluding diaryl/α,β-unsaturated/α-hetero) is 2. The smallest absolute Gasteiger partial charge is 0.411 e. The zero-order valence-electron chi connectivity index (χ0n) is 26.9.